The summed E-state index contributed by atoms with van der Waals surface area (Å²) >= 11 is 0. The lowest BCUT2D eigenvalue weighted by Gasteiger charge is -2.35. The number of carbonyl (C=O) groups excluding carboxylic acids is 1. The number of rotatable bonds is 3. The van der Waals surface area contributed by atoms with E-state index in [1.807, 2.05) is 11.9 Å². The third-order valence-corrected chi connectivity index (χ3v) is 5.72. The molecule has 160 valence electrons. The fourth-order valence-corrected chi connectivity index (χ4v) is 4.01. The Morgan fingerprint density at radius 3 is 2.41 bits per heavy atom. The van der Waals surface area contributed by atoms with Crippen molar-refractivity contribution in [2.75, 3.05) is 51.2 Å². The molecule has 2 saturated heterocycles. The number of anilines is 1. The molecule has 7 nitrogen and oxygen atoms in total. The molecule has 1 aromatic rings. The molecule has 2 heterocycles. The van der Waals surface area contributed by atoms with E-state index in [4.69, 9.17) is 0 Å². The van der Waals surface area contributed by atoms with Gasteiger partial charge in [-0.2, -0.15) is 13.2 Å². The van der Waals surface area contributed by atoms with Gasteiger partial charge in [0.15, 0.2) is 0 Å². The molecule has 0 unspecified atom stereocenters. The van der Waals surface area contributed by atoms with Crippen LogP contribution in [0.1, 0.15) is 24.8 Å². The number of nitro benzene ring substituents is 1. The first kappa shape index (κ1) is 21.4. The first-order valence-electron chi connectivity index (χ1n) is 9.74. The number of piperidine rings is 1. The van der Waals surface area contributed by atoms with Crippen LogP contribution in [-0.2, 0) is 11.0 Å². The van der Waals surface area contributed by atoms with Crippen LogP contribution in [0, 0.1) is 16.0 Å². The summed E-state index contributed by atoms with van der Waals surface area (Å²) < 4.78 is 38.7. The van der Waals surface area contributed by atoms with Gasteiger partial charge in [0.05, 0.1) is 10.5 Å². The van der Waals surface area contributed by atoms with Crippen LogP contribution in [0.3, 0.4) is 0 Å². The fraction of sp³-hybridized carbons (Fsp3) is 0.632. The molecule has 0 bridgehead atoms. The first-order valence-corrected chi connectivity index (χ1v) is 9.74. The van der Waals surface area contributed by atoms with E-state index in [1.165, 1.54) is 0 Å². The van der Waals surface area contributed by atoms with Crippen molar-refractivity contribution in [2.45, 2.75) is 25.4 Å². The minimum Gasteiger partial charge on any atom is -0.366 e. The van der Waals surface area contributed by atoms with Crippen LogP contribution in [-0.4, -0.2) is 66.9 Å². The van der Waals surface area contributed by atoms with E-state index in [1.54, 1.807) is 4.90 Å². The highest BCUT2D eigenvalue weighted by atomic mass is 19.4. The predicted molar refractivity (Wildman–Crippen MR) is 102 cm³/mol. The molecular weight excluding hydrogens is 389 g/mol. The van der Waals surface area contributed by atoms with Gasteiger partial charge in [0.2, 0.25) is 5.91 Å². The summed E-state index contributed by atoms with van der Waals surface area (Å²) in [6, 6.07) is 2.61. The fourth-order valence-electron chi connectivity index (χ4n) is 4.01. The quantitative estimate of drug-likeness (QED) is 0.562. The minimum atomic E-state index is -4.63. The Labute approximate surface area is 167 Å². The molecule has 2 fully saturated rings. The van der Waals surface area contributed by atoms with Gasteiger partial charge in [-0.05, 0) is 45.0 Å². The van der Waals surface area contributed by atoms with Crippen LogP contribution < -0.4 is 4.90 Å². The normalized spacial score (nSPS) is 19.9. The molecule has 0 aromatic heterocycles. The number of nitrogens with zero attached hydrogens (tertiary/aromatic N) is 4. The number of halogens is 3. The third kappa shape index (κ3) is 4.98. The van der Waals surface area contributed by atoms with Crippen molar-refractivity contribution in [1.29, 1.82) is 0 Å². The van der Waals surface area contributed by atoms with E-state index >= 15 is 0 Å². The SMILES string of the molecule is CN1CCCN(C(=O)C2CCN(c3ccc(C(F)(F)F)cc3[N+](=O)[O-])CC2)CC1. The highest BCUT2D eigenvalue weighted by Crippen LogP contribution is 2.37. The number of alkyl halides is 3. The van der Waals surface area contributed by atoms with Gasteiger partial charge in [0.25, 0.3) is 5.69 Å². The Morgan fingerprint density at radius 1 is 1.10 bits per heavy atom. The Hall–Kier alpha value is -2.36. The molecule has 10 heteroatoms. The summed E-state index contributed by atoms with van der Waals surface area (Å²) in [4.78, 5) is 29.2. The molecule has 0 N–H and O–H groups in total. The van der Waals surface area contributed by atoms with Gasteiger partial charge < -0.3 is 14.7 Å². The zero-order valence-electron chi connectivity index (χ0n) is 16.3. The maximum atomic E-state index is 12.9. The second-order valence-corrected chi connectivity index (χ2v) is 7.70. The lowest BCUT2D eigenvalue weighted by molar-refractivity contribution is -0.384. The Bertz CT molecular complexity index is 764. The predicted octanol–water partition coefficient (Wildman–Crippen LogP) is 2.99. The average Bonchev–Trinajstić information content (AvgIpc) is 2.91. The molecule has 2 aliphatic heterocycles. The largest absolute Gasteiger partial charge is 0.416 e. The molecular formula is C19H25F3N4O3. The molecule has 0 saturated carbocycles. The van der Waals surface area contributed by atoms with Crippen LogP contribution in [0.2, 0.25) is 0 Å². The maximum absolute atomic E-state index is 12.9. The summed E-state index contributed by atoms with van der Waals surface area (Å²) in [5.74, 6) is -0.0370. The zero-order valence-corrected chi connectivity index (χ0v) is 16.3. The number of nitro groups is 1. The van der Waals surface area contributed by atoms with Gasteiger partial charge in [-0.15, -0.1) is 0 Å². The van der Waals surface area contributed by atoms with Gasteiger partial charge >= 0.3 is 6.18 Å². The monoisotopic (exact) mass is 414 g/mol. The molecule has 0 spiro atoms. The smallest absolute Gasteiger partial charge is 0.366 e. The van der Waals surface area contributed by atoms with Crippen molar-refractivity contribution in [2.24, 2.45) is 5.92 Å². The Morgan fingerprint density at radius 2 is 1.79 bits per heavy atom. The van der Waals surface area contributed by atoms with Crippen molar-refractivity contribution in [3.05, 3.63) is 33.9 Å². The van der Waals surface area contributed by atoms with Crippen molar-refractivity contribution in [3.63, 3.8) is 0 Å². The van der Waals surface area contributed by atoms with Gasteiger partial charge in [-0.3, -0.25) is 14.9 Å². The molecule has 1 amide bonds. The summed E-state index contributed by atoms with van der Waals surface area (Å²) in [5.41, 5.74) is -1.42. The number of hydrogen-bond donors (Lipinski definition) is 0. The zero-order chi connectivity index (χ0) is 21.2. The Kier molecular flexibility index (Phi) is 6.30. The minimum absolute atomic E-state index is 0.113. The van der Waals surface area contributed by atoms with Crippen LogP contribution >= 0.6 is 0 Å². The molecule has 0 atom stereocenters. The molecule has 29 heavy (non-hydrogen) atoms. The third-order valence-electron chi connectivity index (χ3n) is 5.72. The van der Waals surface area contributed by atoms with E-state index < -0.39 is 22.4 Å². The average molecular weight is 414 g/mol. The van der Waals surface area contributed by atoms with Crippen LogP contribution in [0.5, 0.6) is 0 Å². The molecule has 3 rings (SSSR count). The standard InChI is InChI=1S/C19H25F3N4O3/c1-23-7-2-8-25(12-11-23)18(27)14-5-9-24(10-6-14)16-4-3-15(19(20,21)22)13-17(16)26(28)29/h3-4,13-14H,2,5-12H2,1H3. The molecule has 0 aliphatic carbocycles. The molecule has 1 aromatic carbocycles. The lowest BCUT2D eigenvalue weighted by Crippen LogP contribution is -2.44. The van der Waals surface area contributed by atoms with E-state index in [9.17, 15) is 28.1 Å². The van der Waals surface area contributed by atoms with Crippen molar-refractivity contribution >= 4 is 17.3 Å². The van der Waals surface area contributed by atoms with E-state index in [0.717, 1.165) is 38.2 Å². The second kappa shape index (κ2) is 8.56. The van der Waals surface area contributed by atoms with Crippen molar-refractivity contribution in [1.82, 2.24) is 9.80 Å². The molecule has 0 radical (unpaired) electrons. The van der Waals surface area contributed by atoms with Crippen LogP contribution in [0.4, 0.5) is 24.5 Å². The molecule has 2 aliphatic rings. The van der Waals surface area contributed by atoms with Gasteiger partial charge in [0.1, 0.15) is 5.69 Å². The van der Waals surface area contributed by atoms with E-state index in [-0.39, 0.29) is 17.5 Å². The van der Waals surface area contributed by atoms with Crippen molar-refractivity contribution < 1.29 is 22.9 Å². The topological polar surface area (TPSA) is 69.9 Å². The van der Waals surface area contributed by atoms with Gasteiger partial charge in [-0.25, -0.2) is 0 Å². The van der Waals surface area contributed by atoms with E-state index in [0.29, 0.717) is 38.5 Å². The highest BCUT2D eigenvalue weighted by molar-refractivity contribution is 5.79. The number of likely N-dealkylation sites (N-methyl/N-ethyl adjacent to an activating group) is 1. The number of amides is 1. The number of carbonyl (C=O) groups is 1. The summed E-state index contributed by atoms with van der Waals surface area (Å²) in [5, 5.41) is 11.3. The highest BCUT2D eigenvalue weighted by Gasteiger charge is 2.35. The Balaban J connectivity index is 1.67. The summed E-state index contributed by atoms with van der Waals surface area (Å²) in [6.45, 7) is 4.02. The number of benzene rings is 1. The van der Waals surface area contributed by atoms with Crippen molar-refractivity contribution in [3.8, 4) is 0 Å². The van der Waals surface area contributed by atoms with Gasteiger partial charge in [-0.1, -0.05) is 0 Å². The maximum Gasteiger partial charge on any atom is 0.416 e. The number of hydrogen-bond acceptors (Lipinski definition) is 5. The first-order chi connectivity index (χ1) is 13.7. The summed E-state index contributed by atoms with van der Waals surface area (Å²) in [7, 11) is 2.03. The summed E-state index contributed by atoms with van der Waals surface area (Å²) in [6.07, 6.45) is -2.64. The second-order valence-electron chi connectivity index (χ2n) is 7.70. The van der Waals surface area contributed by atoms with Gasteiger partial charge in [0, 0.05) is 44.7 Å². The van der Waals surface area contributed by atoms with Crippen LogP contribution in [0.25, 0.3) is 0 Å². The van der Waals surface area contributed by atoms with Crippen LogP contribution in [0.15, 0.2) is 18.2 Å². The van der Waals surface area contributed by atoms with E-state index in [2.05, 4.69) is 4.90 Å². The lowest BCUT2D eigenvalue weighted by atomic mass is 9.94.